The molecule has 1 aromatic carbocycles. The van der Waals surface area contributed by atoms with Crippen molar-refractivity contribution in [2.45, 2.75) is 19.6 Å². The maximum Gasteiger partial charge on any atom is 0.329 e. The number of aromatic amines is 1. The molecule has 0 saturated carbocycles. The highest BCUT2D eigenvalue weighted by molar-refractivity contribution is 6.30. The Balaban J connectivity index is 1.63. The van der Waals surface area contributed by atoms with Gasteiger partial charge in [0.15, 0.2) is 11.2 Å². The van der Waals surface area contributed by atoms with Crippen molar-refractivity contribution < 1.29 is 9.84 Å². The molecule has 3 heterocycles. The van der Waals surface area contributed by atoms with Crippen LogP contribution in [-0.2, 0) is 13.6 Å². The second-order valence-corrected chi connectivity index (χ2v) is 8.29. The summed E-state index contributed by atoms with van der Waals surface area (Å²) < 4.78 is 8.67. The monoisotopic (exact) mass is 462 g/mol. The zero-order valence-corrected chi connectivity index (χ0v) is 18.9. The van der Waals surface area contributed by atoms with Crippen LogP contribution in [0, 0.1) is 0 Å². The fourth-order valence-electron chi connectivity index (χ4n) is 3.89. The van der Waals surface area contributed by atoms with Crippen molar-refractivity contribution >= 4 is 28.7 Å². The summed E-state index contributed by atoms with van der Waals surface area (Å²) in [5.74, 6) is 1.15. The first kappa shape index (κ1) is 22.4. The number of aryl methyl sites for hydroxylation is 1. The van der Waals surface area contributed by atoms with Crippen molar-refractivity contribution in [1.82, 2.24) is 24.0 Å². The Labute approximate surface area is 189 Å². The molecular weight excluding hydrogens is 436 g/mol. The van der Waals surface area contributed by atoms with Crippen LogP contribution >= 0.6 is 11.6 Å². The molecule has 1 aliphatic heterocycles. The second kappa shape index (κ2) is 9.35. The second-order valence-electron chi connectivity index (χ2n) is 7.85. The van der Waals surface area contributed by atoms with Crippen LogP contribution in [0.1, 0.15) is 6.92 Å². The molecule has 11 heteroatoms. The normalized spacial score (nSPS) is 15.9. The highest BCUT2D eigenvalue weighted by atomic mass is 35.5. The van der Waals surface area contributed by atoms with E-state index in [0.717, 1.165) is 32.7 Å². The molecule has 4 rings (SSSR count). The number of nitrogens with zero attached hydrogens (tertiary/aromatic N) is 5. The average Bonchev–Trinajstić information content (AvgIpc) is 3.17. The van der Waals surface area contributed by atoms with Crippen molar-refractivity contribution in [2.24, 2.45) is 7.05 Å². The average molecular weight is 463 g/mol. The minimum Gasteiger partial charge on any atom is -0.491 e. The molecule has 32 heavy (non-hydrogen) atoms. The zero-order valence-electron chi connectivity index (χ0n) is 18.1. The number of rotatable bonds is 7. The number of aliphatic hydroxyl groups is 1. The summed E-state index contributed by atoms with van der Waals surface area (Å²) in [5.41, 5.74) is -0.510. The van der Waals surface area contributed by atoms with Gasteiger partial charge in [0.2, 0.25) is 5.95 Å². The van der Waals surface area contributed by atoms with Gasteiger partial charge >= 0.3 is 5.69 Å². The molecule has 0 unspecified atom stereocenters. The van der Waals surface area contributed by atoms with Crippen LogP contribution in [0.15, 0.2) is 33.9 Å². The van der Waals surface area contributed by atoms with Crippen molar-refractivity contribution in [3.05, 3.63) is 50.1 Å². The molecule has 0 aliphatic carbocycles. The van der Waals surface area contributed by atoms with E-state index in [9.17, 15) is 14.7 Å². The van der Waals surface area contributed by atoms with Gasteiger partial charge in [-0.3, -0.25) is 14.3 Å². The van der Waals surface area contributed by atoms with Crippen molar-refractivity contribution in [3.8, 4) is 5.75 Å². The molecule has 0 spiro atoms. The quantitative estimate of drug-likeness (QED) is 0.531. The van der Waals surface area contributed by atoms with Crippen molar-refractivity contribution in [1.29, 1.82) is 0 Å². The number of nitrogens with one attached hydrogen (secondary N) is 1. The predicted molar refractivity (Wildman–Crippen MR) is 123 cm³/mol. The predicted octanol–water partition coefficient (Wildman–Crippen LogP) is 0.659. The van der Waals surface area contributed by atoms with E-state index in [1.54, 1.807) is 35.9 Å². The molecular formula is C21H27ClN6O4. The number of piperazine rings is 1. The number of fused-ring (bicyclic) bond motifs is 1. The first-order chi connectivity index (χ1) is 15.4. The van der Waals surface area contributed by atoms with E-state index in [1.165, 1.54) is 4.57 Å². The highest BCUT2D eigenvalue weighted by Gasteiger charge is 2.25. The number of aromatic nitrogens is 4. The first-order valence-electron chi connectivity index (χ1n) is 10.6. The van der Waals surface area contributed by atoms with Gasteiger partial charge in [0.25, 0.3) is 5.56 Å². The summed E-state index contributed by atoms with van der Waals surface area (Å²) in [7, 11) is 1.57. The van der Waals surface area contributed by atoms with E-state index in [2.05, 4.69) is 26.7 Å². The van der Waals surface area contributed by atoms with Crippen LogP contribution in [0.3, 0.4) is 0 Å². The summed E-state index contributed by atoms with van der Waals surface area (Å²) in [6.45, 7) is 6.42. The molecule has 0 bridgehead atoms. The molecule has 0 radical (unpaired) electrons. The number of ether oxygens (including phenoxy) is 1. The molecule has 1 saturated heterocycles. The molecule has 1 atom stereocenters. The molecule has 3 aromatic rings. The highest BCUT2D eigenvalue weighted by Crippen LogP contribution is 2.22. The van der Waals surface area contributed by atoms with E-state index < -0.39 is 17.4 Å². The Morgan fingerprint density at radius 3 is 2.53 bits per heavy atom. The van der Waals surface area contributed by atoms with Crippen molar-refractivity contribution in [3.63, 3.8) is 0 Å². The minimum atomic E-state index is -0.907. The number of hydrogen-bond acceptors (Lipinski definition) is 7. The lowest BCUT2D eigenvalue weighted by Crippen LogP contribution is -2.47. The maximum absolute atomic E-state index is 12.7. The minimum absolute atomic E-state index is 0.0219. The van der Waals surface area contributed by atoms with Gasteiger partial charge in [0.1, 0.15) is 18.5 Å². The molecule has 1 fully saturated rings. The first-order valence-corrected chi connectivity index (χ1v) is 11.0. The lowest BCUT2D eigenvalue weighted by atomic mass is 10.3. The molecule has 2 N–H and O–H groups in total. The Morgan fingerprint density at radius 1 is 1.19 bits per heavy atom. The van der Waals surface area contributed by atoms with E-state index in [4.69, 9.17) is 16.3 Å². The summed E-state index contributed by atoms with van der Waals surface area (Å²) in [4.78, 5) is 36.2. The Hall–Kier alpha value is -2.82. The van der Waals surface area contributed by atoms with E-state index in [0.29, 0.717) is 16.7 Å². The summed E-state index contributed by atoms with van der Waals surface area (Å²) in [6, 6.07) is 6.86. The van der Waals surface area contributed by atoms with E-state index in [1.807, 2.05) is 0 Å². The van der Waals surface area contributed by atoms with Gasteiger partial charge in [0.05, 0.1) is 6.54 Å². The van der Waals surface area contributed by atoms with Gasteiger partial charge in [-0.2, -0.15) is 4.98 Å². The van der Waals surface area contributed by atoms with E-state index >= 15 is 0 Å². The van der Waals surface area contributed by atoms with Crippen LogP contribution in [0.4, 0.5) is 5.95 Å². The lowest BCUT2D eigenvalue weighted by molar-refractivity contribution is 0.0935. The van der Waals surface area contributed by atoms with Crippen LogP contribution in [0.25, 0.3) is 11.2 Å². The molecule has 0 amide bonds. The number of hydrogen-bond donors (Lipinski definition) is 2. The van der Waals surface area contributed by atoms with Crippen molar-refractivity contribution in [2.75, 3.05) is 44.2 Å². The fourth-order valence-corrected chi connectivity index (χ4v) is 4.01. The largest absolute Gasteiger partial charge is 0.491 e. The van der Waals surface area contributed by atoms with Crippen LogP contribution in [0.5, 0.6) is 5.75 Å². The Morgan fingerprint density at radius 2 is 1.88 bits per heavy atom. The molecule has 10 nitrogen and oxygen atoms in total. The Bertz CT molecular complexity index is 1190. The van der Waals surface area contributed by atoms with Crippen LogP contribution < -0.4 is 20.9 Å². The van der Waals surface area contributed by atoms with Gasteiger partial charge in [-0.05, 0) is 30.8 Å². The van der Waals surface area contributed by atoms with Gasteiger partial charge < -0.3 is 24.2 Å². The number of anilines is 1. The number of aliphatic hydroxyl groups excluding tert-OH is 1. The number of benzene rings is 1. The molecule has 172 valence electrons. The smallest absolute Gasteiger partial charge is 0.329 e. The fraction of sp³-hybridized carbons (Fsp3) is 0.476. The van der Waals surface area contributed by atoms with Crippen LogP contribution in [-0.4, -0.2) is 74.5 Å². The van der Waals surface area contributed by atoms with Gasteiger partial charge in [-0.1, -0.05) is 18.5 Å². The van der Waals surface area contributed by atoms with Gasteiger partial charge in [-0.25, -0.2) is 4.79 Å². The SMILES string of the molecule is CCN1CCN(c2nc3c(c(=O)[nH]c(=O)n3C)n2C[C@H](O)COc2ccc(Cl)cc2)CC1. The Kier molecular flexibility index (Phi) is 6.54. The van der Waals surface area contributed by atoms with E-state index in [-0.39, 0.29) is 24.3 Å². The third-order valence-corrected chi connectivity index (χ3v) is 5.99. The third-order valence-electron chi connectivity index (χ3n) is 5.74. The topological polar surface area (TPSA) is 109 Å². The summed E-state index contributed by atoms with van der Waals surface area (Å²) in [6.07, 6.45) is -0.907. The maximum atomic E-state index is 12.7. The number of likely N-dealkylation sites (N-methyl/N-ethyl adjacent to an activating group) is 1. The summed E-state index contributed by atoms with van der Waals surface area (Å²) in [5, 5.41) is 11.3. The molecule has 2 aromatic heterocycles. The summed E-state index contributed by atoms with van der Waals surface area (Å²) >= 11 is 5.89. The lowest BCUT2D eigenvalue weighted by Gasteiger charge is -2.35. The van der Waals surface area contributed by atoms with Gasteiger partial charge in [-0.15, -0.1) is 0 Å². The number of H-pyrrole nitrogens is 1. The zero-order chi connectivity index (χ0) is 22.8. The number of halogens is 1. The number of imidazole rings is 1. The third kappa shape index (κ3) is 4.52. The standard InChI is InChI=1S/C21H27ClN6O4/c1-3-26-8-10-27(11-9-26)20-23-18-17(19(30)24-21(31)25(18)2)28(20)12-15(29)13-32-16-6-4-14(22)5-7-16/h4-7,15,29H,3,8-13H2,1-2H3,(H,24,30,31)/t15-/m0/s1. The van der Waals surface area contributed by atoms with Crippen LogP contribution in [0.2, 0.25) is 5.02 Å². The van der Waals surface area contributed by atoms with Gasteiger partial charge in [0, 0.05) is 38.2 Å². The molecule has 1 aliphatic rings.